The number of thioether (sulfide) groups is 1. The molecule has 1 N–H and O–H groups in total. The Bertz CT molecular complexity index is 414. The van der Waals surface area contributed by atoms with Gasteiger partial charge in [0, 0.05) is 10.6 Å². The molecule has 0 heterocycles. The Kier molecular flexibility index (Phi) is 4.59. The van der Waals surface area contributed by atoms with Crippen molar-refractivity contribution in [3.63, 3.8) is 0 Å². The van der Waals surface area contributed by atoms with E-state index in [0.717, 1.165) is 10.5 Å². The van der Waals surface area contributed by atoms with Gasteiger partial charge in [0.25, 0.3) is 0 Å². The average molecular weight is 248 g/mol. The van der Waals surface area contributed by atoms with Crippen LogP contribution in [0.1, 0.15) is 5.56 Å². The Labute approximate surface area is 93.6 Å². The van der Waals surface area contributed by atoms with E-state index in [4.69, 9.17) is 4.55 Å². The molecule has 0 atom stereocenters. The summed E-state index contributed by atoms with van der Waals surface area (Å²) in [5.41, 5.74) is 1.13. The lowest BCUT2D eigenvalue weighted by atomic mass is 10.2. The molecular formula is C9H12O4S2. The molecule has 0 fully saturated rings. The largest absolute Gasteiger partial charge is 0.397 e. The van der Waals surface area contributed by atoms with Gasteiger partial charge < -0.3 is 0 Å². The van der Waals surface area contributed by atoms with Crippen LogP contribution < -0.4 is 0 Å². The molecule has 1 rings (SSSR count). The van der Waals surface area contributed by atoms with Crippen molar-refractivity contribution < 1.29 is 17.2 Å². The Morgan fingerprint density at radius 2 is 2.07 bits per heavy atom. The second kappa shape index (κ2) is 5.50. The predicted molar refractivity (Wildman–Crippen MR) is 59.4 cm³/mol. The van der Waals surface area contributed by atoms with E-state index in [2.05, 4.69) is 4.18 Å². The summed E-state index contributed by atoms with van der Waals surface area (Å²) in [5, 5.41) is 0. The molecule has 1 aromatic carbocycles. The van der Waals surface area contributed by atoms with Crippen LogP contribution in [0.4, 0.5) is 0 Å². The van der Waals surface area contributed by atoms with Crippen LogP contribution in [-0.4, -0.2) is 25.3 Å². The number of benzene rings is 1. The second-order valence-corrected chi connectivity index (χ2v) is 5.09. The van der Waals surface area contributed by atoms with Gasteiger partial charge in [-0.3, -0.25) is 4.55 Å². The van der Waals surface area contributed by atoms with Crippen LogP contribution in [0, 0.1) is 6.92 Å². The van der Waals surface area contributed by atoms with Crippen LogP contribution in [0.3, 0.4) is 0 Å². The summed E-state index contributed by atoms with van der Waals surface area (Å²) in [4.78, 5) is 1.08. The highest BCUT2D eigenvalue weighted by atomic mass is 32.3. The lowest BCUT2D eigenvalue weighted by Gasteiger charge is -2.04. The zero-order valence-electron chi connectivity index (χ0n) is 8.21. The minimum absolute atomic E-state index is 0.0299. The summed E-state index contributed by atoms with van der Waals surface area (Å²) in [7, 11) is -4.30. The van der Waals surface area contributed by atoms with Crippen molar-refractivity contribution >= 4 is 22.2 Å². The quantitative estimate of drug-likeness (QED) is 0.490. The summed E-state index contributed by atoms with van der Waals surface area (Å²) >= 11 is 1.49. The highest BCUT2D eigenvalue weighted by Gasteiger charge is 2.04. The minimum Gasteiger partial charge on any atom is -0.264 e. The zero-order valence-corrected chi connectivity index (χ0v) is 9.85. The maximum atomic E-state index is 10.2. The van der Waals surface area contributed by atoms with E-state index < -0.39 is 10.4 Å². The fourth-order valence-corrected chi connectivity index (χ4v) is 2.27. The molecule has 0 saturated carbocycles. The molecule has 0 bridgehead atoms. The summed E-state index contributed by atoms with van der Waals surface area (Å²) in [6.07, 6.45) is 0. The zero-order chi connectivity index (χ0) is 11.3. The van der Waals surface area contributed by atoms with E-state index in [1.165, 1.54) is 11.8 Å². The van der Waals surface area contributed by atoms with Crippen LogP contribution in [0.5, 0.6) is 0 Å². The maximum absolute atomic E-state index is 10.2. The molecule has 0 aliphatic rings. The molecule has 84 valence electrons. The van der Waals surface area contributed by atoms with Crippen molar-refractivity contribution in [2.45, 2.75) is 11.8 Å². The number of hydrogen-bond acceptors (Lipinski definition) is 4. The van der Waals surface area contributed by atoms with Gasteiger partial charge in [-0.15, -0.1) is 11.8 Å². The van der Waals surface area contributed by atoms with Crippen molar-refractivity contribution in [1.82, 2.24) is 0 Å². The molecule has 0 aromatic heterocycles. The molecule has 0 amide bonds. The van der Waals surface area contributed by atoms with Gasteiger partial charge >= 0.3 is 10.4 Å². The highest BCUT2D eigenvalue weighted by Crippen LogP contribution is 2.21. The minimum atomic E-state index is -4.30. The summed E-state index contributed by atoms with van der Waals surface area (Å²) < 4.78 is 33.0. The van der Waals surface area contributed by atoms with Gasteiger partial charge in [-0.1, -0.05) is 18.2 Å². The normalized spacial score (nSPS) is 11.6. The Balaban J connectivity index is 2.36. The van der Waals surface area contributed by atoms with Crippen molar-refractivity contribution in [2.75, 3.05) is 12.4 Å². The summed E-state index contributed by atoms with van der Waals surface area (Å²) in [6, 6.07) is 7.78. The third kappa shape index (κ3) is 5.17. The van der Waals surface area contributed by atoms with Gasteiger partial charge in [0.15, 0.2) is 0 Å². The van der Waals surface area contributed by atoms with Crippen molar-refractivity contribution in [3.8, 4) is 0 Å². The van der Waals surface area contributed by atoms with E-state index in [1.54, 1.807) is 0 Å². The number of rotatable bonds is 5. The van der Waals surface area contributed by atoms with Crippen molar-refractivity contribution in [1.29, 1.82) is 0 Å². The summed E-state index contributed by atoms with van der Waals surface area (Å²) in [5.74, 6) is 0.477. The molecular weight excluding hydrogens is 236 g/mol. The monoisotopic (exact) mass is 248 g/mol. The van der Waals surface area contributed by atoms with E-state index >= 15 is 0 Å². The van der Waals surface area contributed by atoms with E-state index in [-0.39, 0.29) is 6.61 Å². The molecule has 0 aliphatic carbocycles. The molecule has 0 saturated heterocycles. The second-order valence-electron chi connectivity index (χ2n) is 2.86. The standard InChI is InChI=1S/C9H12O4S2/c1-8-4-2-3-5-9(8)14-7-6-13-15(10,11)12/h2-5H,6-7H2,1H3,(H,10,11,12). The first kappa shape index (κ1) is 12.5. The first-order valence-electron chi connectivity index (χ1n) is 4.29. The Hall–Kier alpha value is -0.560. The smallest absolute Gasteiger partial charge is 0.264 e. The molecule has 0 radical (unpaired) electrons. The number of hydrogen-bond donors (Lipinski definition) is 1. The molecule has 0 unspecified atom stereocenters. The molecule has 15 heavy (non-hydrogen) atoms. The predicted octanol–water partition coefficient (Wildman–Crippen LogP) is 1.91. The van der Waals surface area contributed by atoms with Crippen molar-refractivity contribution in [3.05, 3.63) is 29.8 Å². The van der Waals surface area contributed by atoms with Crippen LogP contribution in [0.15, 0.2) is 29.2 Å². The third-order valence-corrected chi connectivity index (χ3v) is 3.27. The van der Waals surface area contributed by atoms with E-state index in [1.807, 2.05) is 31.2 Å². The topological polar surface area (TPSA) is 63.6 Å². The SMILES string of the molecule is Cc1ccccc1SCCOS(=O)(=O)O. The Morgan fingerprint density at radius 3 is 2.67 bits per heavy atom. The molecule has 0 aliphatic heterocycles. The lowest BCUT2D eigenvalue weighted by Crippen LogP contribution is -2.06. The maximum Gasteiger partial charge on any atom is 0.397 e. The lowest BCUT2D eigenvalue weighted by molar-refractivity contribution is 0.285. The molecule has 4 nitrogen and oxygen atoms in total. The molecule has 0 spiro atoms. The van der Waals surface area contributed by atoms with Gasteiger partial charge in [0.1, 0.15) is 0 Å². The van der Waals surface area contributed by atoms with Gasteiger partial charge in [0.2, 0.25) is 0 Å². The van der Waals surface area contributed by atoms with Gasteiger partial charge in [-0.2, -0.15) is 8.42 Å². The first-order valence-corrected chi connectivity index (χ1v) is 6.64. The molecule has 6 heteroatoms. The fraction of sp³-hybridized carbons (Fsp3) is 0.333. The number of aryl methyl sites for hydroxylation is 1. The van der Waals surface area contributed by atoms with Crippen LogP contribution in [-0.2, 0) is 14.6 Å². The third-order valence-electron chi connectivity index (χ3n) is 1.67. The van der Waals surface area contributed by atoms with E-state index in [0.29, 0.717) is 5.75 Å². The van der Waals surface area contributed by atoms with Crippen LogP contribution in [0.2, 0.25) is 0 Å². The summed E-state index contributed by atoms with van der Waals surface area (Å²) in [6.45, 7) is 1.95. The first-order chi connectivity index (χ1) is 6.99. The van der Waals surface area contributed by atoms with E-state index in [9.17, 15) is 8.42 Å². The van der Waals surface area contributed by atoms with Crippen molar-refractivity contribution in [2.24, 2.45) is 0 Å². The fourth-order valence-electron chi connectivity index (χ4n) is 1.01. The van der Waals surface area contributed by atoms with Gasteiger partial charge in [0.05, 0.1) is 6.61 Å². The average Bonchev–Trinajstić information content (AvgIpc) is 2.13. The van der Waals surface area contributed by atoms with Crippen LogP contribution in [0.25, 0.3) is 0 Å². The van der Waals surface area contributed by atoms with Gasteiger partial charge in [-0.05, 0) is 18.6 Å². The Morgan fingerprint density at radius 1 is 1.40 bits per heavy atom. The van der Waals surface area contributed by atoms with Crippen LogP contribution >= 0.6 is 11.8 Å². The molecule has 1 aromatic rings. The van der Waals surface area contributed by atoms with Gasteiger partial charge in [-0.25, -0.2) is 4.18 Å². The highest BCUT2D eigenvalue weighted by molar-refractivity contribution is 7.99.